The van der Waals surface area contributed by atoms with Crippen LogP contribution in [-0.2, 0) is 48.4 Å². The maximum Gasteiger partial charge on any atom is 2.00 e. The van der Waals surface area contributed by atoms with Gasteiger partial charge in [-0.15, -0.1) is 0 Å². The predicted molar refractivity (Wildman–Crippen MR) is 233 cm³/mol. The summed E-state index contributed by atoms with van der Waals surface area (Å²) in [6.45, 7) is 4.00. The molecule has 0 unspecified atom stereocenters. The third-order valence-electron chi connectivity index (χ3n) is 9.69. The van der Waals surface area contributed by atoms with Crippen LogP contribution in [0.5, 0.6) is 0 Å². The first-order chi connectivity index (χ1) is 30.2. The van der Waals surface area contributed by atoms with Gasteiger partial charge >= 0.3 is 39.0 Å². The van der Waals surface area contributed by atoms with Crippen molar-refractivity contribution in [2.24, 2.45) is 0 Å². The van der Waals surface area contributed by atoms with Crippen LogP contribution in [0.15, 0.2) is 170 Å². The molecule has 0 spiro atoms. The van der Waals surface area contributed by atoms with Crippen LogP contribution in [0.25, 0.3) is 43.1 Å². The number of hydrogen-bond acceptors (Lipinski definition) is 10. The summed E-state index contributed by atoms with van der Waals surface area (Å²) in [5, 5.41) is 49.4. The Bertz CT molecular complexity index is 2340. The maximum atomic E-state index is 10.7. The number of hydrogen-bond donors (Lipinski definition) is 0. The number of carboxylic acids is 4. The Morgan fingerprint density at radius 2 is 0.484 bits per heavy atom. The van der Waals surface area contributed by atoms with Crippen LogP contribution in [-0.4, -0.2) is 50.3 Å². The van der Waals surface area contributed by atoms with Crippen molar-refractivity contribution >= 4 is 67.0 Å². The Morgan fingerprint density at radius 1 is 0.297 bits per heavy atom. The van der Waals surface area contributed by atoms with E-state index in [1.54, 1.807) is 72.8 Å². The Hall–Kier alpha value is -6.15. The van der Waals surface area contributed by atoms with Gasteiger partial charge in [0.25, 0.3) is 0 Å². The number of rotatable bonds is 4. The quantitative estimate of drug-likeness (QED) is 0.179. The van der Waals surface area contributed by atoms with Crippen molar-refractivity contribution in [1.82, 2.24) is 0 Å². The van der Waals surface area contributed by atoms with Crippen molar-refractivity contribution in [1.29, 1.82) is 0 Å². The van der Waals surface area contributed by atoms with Crippen LogP contribution in [0.2, 0.25) is 0 Å². The molecular weight excluding hydrogens is 987 g/mol. The molecule has 0 N–H and O–H groups in total. The normalized spacial score (nSPS) is 12.0. The number of carbonyl (C=O) groups excluding carboxylic acids is 4. The van der Waals surface area contributed by atoms with E-state index in [9.17, 15) is 39.6 Å². The van der Waals surface area contributed by atoms with Gasteiger partial charge in [-0.25, -0.2) is 0 Å². The second-order valence-corrected chi connectivity index (χ2v) is 13.9. The van der Waals surface area contributed by atoms with E-state index >= 15 is 0 Å². The Labute approximate surface area is 397 Å². The van der Waals surface area contributed by atoms with E-state index in [1.165, 1.54) is 25.7 Å². The summed E-state index contributed by atoms with van der Waals surface area (Å²) in [6, 6.07) is 50.0. The monoisotopic (exact) mass is 1030 g/mol. The Balaban J connectivity index is 0.000000209. The first-order valence-electron chi connectivity index (χ1n) is 20.1. The number of benzene rings is 8. The molecule has 8 aromatic rings. The van der Waals surface area contributed by atoms with E-state index in [1.807, 2.05) is 97.1 Å². The van der Waals surface area contributed by atoms with Crippen molar-refractivity contribution in [3.63, 3.8) is 0 Å². The van der Waals surface area contributed by atoms with Crippen molar-refractivity contribution in [3.8, 4) is 0 Å². The minimum Gasteiger partial charge on any atom is -0.545 e. The van der Waals surface area contributed by atoms with Crippen LogP contribution >= 0.6 is 0 Å². The molecule has 2 heterocycles. The average molecular weight is 1030 g/mol. The number of carbonyl (C=O) groups is 4. The van der Waals surface area contributed by atoms with Crippen LogP contribution in [0.4, 0.5) is 0 Å². The molecule has 2 aliphatic heterocycles. The molecule has 0 aromatic heterocycles. The summed E-state index contributed by atoms with van der Waals surface area (Å²) in [5.74, 6) is -4.51. The fraction of sp³-hybridized carbons (Fsp3) is 0.154. The van der Waals surface area contributed by atoms with Crippen LogP contribution in [0.3, 0.4) is 0 Å². The number of ether oxygens (including phenoxy) is 2. The smallest absolute Gasteiger partial charge is 0.545 e. The molecule has 0 atom stereocenters. The summed E-state index contributed by atoms with van der Waals surface area (Å²) in [7, 11) is 0. The molecule has 2 fully saturated rings. The zero-order valence-corrected chi connectivity index (χ0v) is 38.1. The third-order valence-corrected chi connectivity index (χ3v) is 9.69. The SMILES string of the molecule is C1CCOC1.C1CCOC1.O=C([O-])c1cccc2ccccc12.O=C([O-])c1cccc2ccccc12.O=C([O-])c1cccc2ccccc12.O=C([O-])c1cccc2ccccc12.[Ru+2].[Ru+2]. The number of carboxylic acid groups (broad SMARTS) is 4. The summed E-state index contributed by atoms with van der Waals surface area (Å²) in [6.07, 6.45) is 5.11. The zero-order valence-electron chi connectivity index (χ0n) is 34.6. The molecule has 0 bridgehead atoms. The largest absolute Gasteiger partial charge is 2.00 e. The van der Waals surface area contributed by atoms with Gasteiger partial charge in [0.15, 0.2) is 0 Å². The third kappa shape index (κ3) is 15.6. The molecule has 10 nitrogen and oxygen atoms in total. The first-order valence-corrected chi connectivity index (χ1v) is 20.1. The summed E-state index contributed by atoms with van der Waals surface area (Å²) >= 11 is 0. The van der Waals surface area contributed by atoms with Gasteiger partial charge in [0.05, 0.1) is 23.9 Å². The van der Waals surface area contributed by atoms with E-state index < -0.39 is 23.9 Å². The van der Waals surface area contributed by atoms with Crippen molar-refractivity contribution in [2.45, 2.75) is 25.7 Å². The molecule has 10 rings (SSSR count). The summed E-state index contributed by atoms with van der Waals surface area (Å²) in [5.41, 5.74) is 0.993. The minimum atomic E-state index is -1.13. The van der Waals surface area contributed by atoms with Crippen molar-refractivity contribution in [2.75, 3.05) is 26.4 Å². The van der Waals surface area contributed by atoms with Gasteiger partial charge in [-0.2, -0.15) is 0 Å². The minimum absolute atomic E-state index is 0. The Kier molecular flexibility index (Phi) is 22.7. The van der Waals surface area contributed by atoms with E-state index in [0.29, 0.717) is 0 Å². The topological polar surface area (TPSA) is 179 Å². The average Bonchev–Trinajstić information content (AvgIpc) is 4.10. The number of fused-ring (bicyclic) bond motifs is 4. The van der Waals surface area contributed by atoms with Gasteiger partial charge in [0.2, 0.25) is 0 Å². The van der Waals surface area contributed by atoms with Gasteiger partial charge < -0.3 is 49.1 Å². The molecule has 64 heavy (non-hydrogen) atoms. The molecule has 8 aromatic carbocycles. The molecule has 0 radical (unpaired) electrons. The van der Waals surface area contributed by atoms with E-state index in [4.69, 9.17) is 9.47 Å². The van der Waals surface area contributed by atoms with Crippen molar-refractivity contribution < 1.29 is 88.0 Å². The predicted octanol–water partition coefficient (Wildman–Crippen LogP) is 6.40. The molecule has 0 saturated carbocycles. The van der Waals surface area contributed by atoms with Gasteiger partial charge in [-0.3, -0.25) is 0 Å². The van der Waals surface area contributed by atoms with Gasteiger partial charge in [0.1, 0.15) is 0 Å². The fourth-order valence-electron chi connectivity index (χ4n) is 6.63. The summed E-state index contributed by atoms with van der Waals surface area (Å²) in [4.78, 5) is 42.8. The fourth-order valence-corrected chi connectivity index (χ4v) is 6.63. The van der Waals surface area contributed by atoms with Crippen molar-refractivity contribution in [3.05, 3.63) is 192 Å². The standard InChI is InChI=1S/4C11H8O2.2C4H8O.2Ru/c4*12-11(13)10-7-3-5-8-4-1-2-6-9(8)10;2*1-2-4-5-3-1;;/h4*1-7H,(H,12,13);2*1-4H2;;/q;;;;;;2*+2/p-4. The van der Waals surface area contributed by atoms with E-state index in [-0.39, 0.29) is 61.2 Å². The molecule has 2 aliphatic rings. The molecular formula is C52H44O10Ru2. The van der Waals surface area contributed by atoms with Gasteiger partial charge in [0, 0.05) is 48.7 Å². The second-order valence-electron chi connectivity index (χ2n) is 13.9. The molecule has 328 valence electrons. The zero-order chi connectivity index (χ0) is 44.1. The molecule has 0 aliphatic carbocycles. The van der Waals surface area contributed by atoms with Gasteiger partial charge in [-0.1, -0.05) is 170 Å². The van der Waals surface area contributed by atoms with Gasteiger partial charge in [-0.05, 0) is 68.8 Å². The van der Waals surface area contributed by atoms with E-state index in [0.717, 1.165) is 69.5 Å². The Morgan fingerprint density at radius 3 is 0.656 bits per heavy atom. The van der Waals surface area contributed by atoms with Crippen LogP contribution < -0.4 is 20.4 Å². The molecule has 12 heteroatoms. The van der Waals surface area contributed by atoms with Crippen LogP contribution in [0, 0.1) is 0 Å². The first kappa shape index (κ1) is 52.2. The summed E-state index contributed by atoms with van der Waals surface area (Å²) < 4.78 is 9.89. The number of aromatic carboxylic acids is 4. The second kappa shape index (κ2) is 27.8. The molecule has 2 saturated heterocycles. The van der Waals surface area contributed by atoms with E-state index in [2.05, 4.69) is 0 Å². The maximum absolute atomic E-state index is 10.7. The van der Waals surface area contributed by atoms with Crippen LogP contribution in [0.1, 0.15) is 67.1 Å². The molecule has 0 amide bonds.